The highest BCUT2D eigenvalue weighted by atomic mass is 31.2. The monoisotopic (exact) mass is 969 g/mol. The fourth-order valence-corrected chi connectivity index (χ4v) is 8.17. The minimum absolute atomic E-state index is 0.0210. The molecular formula is C59H105N2O6P. The summed E-state index contributed by atoms with van der Waals surface area (Å²) in [6.45, 7) is 4.48. The molecule has 2 N–H and O–H groups in total. The molecule has 0 fully saturated rings. The van der Waals surface area contributed by atoms with Crippen molar-refractivity contribution >= 4 is 13.7 Å². The lowest BCUT2D eigenvalue weighted by molar-refractivity contribution is -0.870. The Hall–Kier alpha value is -2.58. The van der Waals surface area contributed by atoms with E-state index in [-0.39, 0.29) is 18.9 Å². The molecule has 0 aliphatic carbocycles. The topological polar surface area (TPSA) is 108 Å². The smallest absolute Gasteiger partial charge is 0.268 e. The molecule has 0 rings (SSSR count). The molecule has 0 radical (unpaired) electrons. The van der Waals surface area contributed by atoms with Gasteiger partial charge in [0.15, 0.2) is 0 Å². The number of likely N-dealkylation sites (N-methyl/N-ethyl adjacent to an activating group) is 1. The number of phosphoric ester groups is 1. The van der Waals surface area contributed by atoms with Crippen LogP contribution in [0.25, 0.3) is 0 Å². The number of quaternary nitrogens is 1. The maximum Gasteiger partial charge on any atom is 0.268 e. The van der Waals surface area contributed by atoms with Crippen LogP contribution in [-0.2, 0) is 18.4 Å². The zero-order valence-corrected chi connectivity index (χ0v) is 45.4. The zero-order valence-electron chi connectivity index (χ0n) is 44.5. The van der Waals surface area contributed by atoms with Gasteiger partial charge in [0, 0.05) is 6.42 Å². The minimum Gasteiger partial charge on any atom is -0.756 e. The first kappa shape index (κ1) is 65.4. The third-order valence-electron chi connectivity index (χ3n) is 11.8. The number of aliphatic hydroxyl groups is 1. The molecule has 68 heavy (non-hydrogen) atoms. The highest BCUT2D eigenvalue weighted by molar-refractivity contribution is 7.45. The van der Waals surface area contributed by atoms with Crippen molar-refractivity contribution < 1.29 is 32.9 Å². The summed E-state index contributed by atoms with van der Waals surface area (Å²) in [5, 5.41) is 13.8. The number of hydrogen-bond donors (Lipinski definition) is 2. The molecule has 0 saturated carbocycles. The lowest BCUT2D eigenvalue weighted by Crippen LogP contribution is -2.45. The normalized spacial score (nSPS) is 14.8. The van der Waals surface area contributed by atoms with Gasteiger partial charge in [0.25, 0.3) is 7.82 Å². The van der Waals surface area contributed by atoms with E-state index in [4.69, 9.17) is 9.05 Å². The van der Waals surface area contributed by atoms with Crippen molar-refractivity contribution in [2.75, 3.05) is 40.9 Å². The highest BCUT2D eigenvalue weighted by Gasteiger charge is 2.23. The number of nitrogens with one attached hydrogen (secondary N) is 1. The quantitative estimate of drug-likeness (QED) is 0.0272. The first-order valence-corrected chi connectivity index (χ1v) is 29.1. The van der Waals surface area contributed by atoms with Crippen molar-refractivity contribution in [1.29, 1.82) is 0 Å². The number of phosphoric acid groups is 1. The van der Waals surface area contributed by atoms with Gasteiger partial charge in [-0.25, -0.2) is 0 Å². The summed E-state index contributed by atoms with van der Waals surface area (Å²) in [4.78, 5) is 25.4. The average molecular weight is 969 g/mol. The Morgan fingerprint density at radius 3 is 1.37 bits per heavy atom. The van der Waals surface area contributed by atoms with Gasteiger partial charge in [-0.2, -0.15) is 0 Å². The molecule has 1 amide bonds. The molecule has 0 heterocycles. The van der Waals surface area contributed by atoms with Crippen molar-refractivity contribution in [3.8, 4) is 0 Å². The number of amides is 1. The Balaban J connectivity index is 4.38. The van der Waals surface area contributed by atoms with Crippen LogP contribution in [-0.4, -0.2) is 68.5 Å². The van der Waals surface area contributed by atoms with E-state index in [1.807, 2.05) is 27.2 Å². The molecule has 0 spiro atoms. The number of unbranched alkanes of at least 4 members (excludes halogenated alkanes) is 22. The molecule has 0 aliphatic rings. The van der Waals surface area contributed by atoms with E-state index in [2.05, 4.69) is 104 Å². The molecule has 0 aliphatic heterocycles. The van der Waals surface area contributed by atoms with E-state index in [1.54, 1.807) is 6.08 Å². The summed E-state index contributed by atoms with van der Waals surface area (Å²) in [5.41, 5.74) is 0. The number of hydrogen-bond acceptors (Lipinski definition) is 6. The summed E-state index contributed by atoms with van der Waals surface area (Å²) in [6.07, 6.45) is 70.6. The fourth-order valence-electron chi connectivity index (χ4n) is 7.45. The van der Waals surface area contributed by atoms with Gasteiger partial charge in [-0.05, 0) is 89.9 Å². The van der Waals surface area contributed by atoms with Gasteiger partial charge in [0.05, 0.1) is 39.9 Å². The molecule has 0 bridgehead atoms. The van der Waals surface area contributed by atoms with Crippen LogP contribution >= 0.6 is 7.82 Å². The number of rotatable bonds is 49. The summed E-state index contributed by atoms with van der Waals surface area (Å²) < 4.78 is 23.3. The van der Waals surface area contributed by atoms with E-state index in [1.165, 1.54) is 116 Å². The molecule has 9 heteroatoms. The number of carbonyl (C=O) groups is 1. The average Bonchev–Trinajstić information content (AvgIpc) is 3.30. The third kappa shape index (κ3) is 51.3. The van der Waals surface area contributed by atoms with Crippen LogP contribution in [0.15, 0.2) is 97.2 Å². The number of nitrogens with zero attached hydrogens (tertiary/aromatic N) is 1. The van der Waals surface area contributed by atoms with Crippen LogP contribution in [0.5, 0.6) is 0 Å². The van der Waals surface area contributed by atoms with Gasteiger partial charge in [-0.15, -0.1) is 0 Å². The number of allylic oxidation sites excluding steroid dienone is 15. The van der Waals surface area contributed by atoms with Crippen LogP contribution < -0.4 is 10.2 Å². The second-order valence-electron chi connectivity index (χ2n) is 19.5. The molecule has 392 valence electrons. The van der Waals surface area contributed by atoms with Gasteiger partial charge in [-0.3, -0.25) is 9.36 Å². The van der Waals surface area contributed by atoms with Crippen LogP contribution in [0.1, 0.15) is 219 Å². The minimum atomic E-state index is -4.62. The summed E-state index contributed by atoms with van der Waals surface area (Å²) in [5.74, 6) is -0.246. The van der Waals surface area contributed by atoms with Gasteiger partial charge in [0.1, 0.15) is 13.2 Å². The van der Waals surface area contributed by atoms with E-state index < -0.39 is 26.6 Å². The molecule has 0 aromatic rings. The number of carbonyl (C=O) groups excluding carboxylic acids is 1. The second-order valence-corrected chi connectivity index (χ2v) is 20.9. The number of aliphatic hydroxyl groups excluding tert-OH is 1. The standard InChI is InChI=1S/C59H105N2O6P/c1-6-8-10-12-14-16-18-20-22-24-26-27-28-29-30-31-32-33-35-36-38-40-42-44-46-48-50-52-58(62)57(56-67-68(64,65)66-55-54-61(3,4)5)60-59(63)53-51-49-47-45-43-41-39-37-34-25-23-21-19-17-15-13-11-9-7-2/h9,11,15,17,21,23,34-37,41-44,50,52,57-58,62H,6-8,10,12-14,16,18-20,22,24-33,38-40,45-49,51,53-56H2,1-5H3,(H-,60,63,64,65)/b11-9-,17-15-,23-21-,36-35+,37-34-,43-41-,44-42+,52-50+. The lowest BCUT2D eigenvalue weighted by atomic mass is 10.0. The van der Waals surface area contributed by atoms with Crippen molar-refractivity contribution in [2.45, 2.75) is 231 Å². The van der Waals surface area contributed by atoms with E-state index in [0.717, 1.165) is 77.0 Å². The molecule has 0 aromatic carbocycles. The van der Waals surface area contributed by atoms with Crippen LogP contribution in [0.2, 0.25) is 0 Å². The first-order valence-electron chi connectivity index (χ1n) is 27.6. The van der Waals surface area contributed by atoms with Crippen molar-refractivity contribution in [3.63, 3.8) is 0 Å². The molecule has 8 nitrogen and oxygen atoms in total. The summed E-state index contributed by atoms with van der Waals surface area (Å²) >= 11 is 0. The Morgan fingerprint density at radius 1 is 0.529 bits per heavy atom. The maximum absolute atomic E-state index is 12.9. The van der Waals surface area contributed by atoms with Crippen LogP contribution in [0.3, 0.4) is 0 Å². The van der Waals surface area contributed by atoms with Gasteiger partial charge in [0.2, 0.25) is 5.91 Å². The second kappa shape index (κ2) is 49.4. The Bertz CT molecular complexity index is 1420. The van der Waals surface area contributed by atoms with E-state index >= 15 is 0 Å². The molecular weight excluding hydrogens is 864 g/mol. The summed E-state index contributed by atoms with van der Waals surface area (Å²) in [7, 11) is 1.20. The van der Waals surface area contributed by atoms with Crippen molar-refractivity contribution in [2.24, 2.45) is 0 Å². The van der Waals surface area contributed by atoms with Gasteiger partial charge >= 0.3 is 0 Å². The van der Waals surface area contributed by atoms with Crippen molar-refractivity contribution in [1.82, 2.24) is 5.32 Å². The third-order valence-corrected chi connectivity index (χ3v) is 12.7. The Morgan fingerprint density at radius 2 is 0.912 bits per heavy atom. The predicted octanol–water partition coefficient (Wildman–Crippen LogP) is 16.0. The Labute approximate surface area is 419 Å². The fraction of sp³-hybridized carbons (Fsp3) is 0.712. The molecule has 3 unspecified atom stereocenters. The Kier molecular flexibility index (Phi) is 47.5. The van der Waals surface area contributed by atoms with Gasteiger partial charge < -0.3 is 28.8 Å². The largest absolute Gasteiger partial charge is 0.756 e. The van der Waals surface area contributed by atoms with E-state index in [0.29, 0.717) is 17.4 Å². The molecule has 0 saturated heterocycles. The van der Waals surface area contributed by atoms with Crippen LogP contribution in [0, 0.1) is 0 Å². The van der Waals surface area contributed by atoms with E-state index in [9.17, 15) is 19.4 Å². The first-order chi connectivity index (χ1) is 33.0. The highest BCUT2D eigenvalue weighted by Crippen LogP contribution is 2.38. The van der Waals surface area contributed by atoms with Crippen molar-refractivity contribution in [3.05, 3.63) is 97.2 Å². The van der Waals surface area contributed by atoms with Crippen LogP contribution in [0.4, 0.5) is 0 Å². The lowest BCUT2D eigenvalue weighted by Gasteiger charge is -2.29. The van der Waals surface area contributed by atoms with Gasteiger partial charge in [-0.1, -0.05) is 220 Å². The zero-order chi connectivity index (χ0) is 49.9. The maximum atomic E-state index is 12.9. The molecule has 0 aromatic heterocycles. The molecule has 3 atom stereocenters. The predicted molar refractivity (Wildman–Crippen MR) is 293 cm³/mol. The summed E-state index contributed by atoms with van der Waals surface area (Å²) in [6, 6.07) is -0.935. The SMILES string of the molecule is CC/C=C\C/C=C\C/C=C\C/C=C\C/C=C\CCCCCC(=O)NC(COP(=O)([O-])OCC[N+](C)(C)C)C(O)/C=C/CC/C=C/CC/C=C/CCCCCCCCCCCCCCCCCCC.